The molecule has 2 fully saturated rings. The molecule has 308 valence electrons. The van der Waals surface area contributed by atoms with E-state index in [0.717, 1.165) is 0 Å². The summed E-state index contributed by atoms with van der Waals surface area (Å²) in [6, 6.07) is 0. The largest absolute Gasteiger partial charge is 0.695 e. The first-order valence-corrected chi connectivity index (χ1v) is 16.2. The first-order valence-electron chi connectivity index (χ1n) is 16.2. The van der Waals surface area contributed by atoms with Gasteiger partial charge < -0.3 is 40.6 Å². The van der Waals surface area contributed by atoms with Gasteiger partial charge in [-0.1, -0.05) is 0 Å². The second kappa shape index (κ2) is 13.2. The van der Waals surface area contributed by atoms with E-state index in [1.165, 1.54) is 0 Å². The van der Waals surface area contributed by atoms with E-state index in [9.17, 15) is 35.1 Å². The maximum atomic E-state index is 15.6. The molecule has 0 spiro atoms. The summed E-state index contributed by atoms with van der Waals surface area (Å²) < 4.78 is 242. The molecule has 0 N–H and O–H groups in total. The minimum absolute atomic E-state index is 0. The van der Waals surface area contributed by atoms with Crippen LogP contribution < -0.4 is 20.9 Å². The predicted octanol–water partition coefficient (Wildman–Crippen LogP) is 6.65. The summed E-state index contributed by atoms with van der Waals surface area (Å²) in [5, 5.41) is 1.91. The molecule has 2 aromatic carbocycles. The van der Waals surface area contributed by atoms with E-state index < -0.39 is 188 Å². The molecule has 2 aromatic heterocycles. The van der Waals surface area contributed by atoms with Crippen LogP contribution in [-0.2, 0) is 16.5 Å². The van der Waals surface area contributed by atoms with Crippen molar-refractivity contribution >= 4 is 44.9 Å². The van der Waals surface area contributed by atoms with Crippen LogP contribution in [0.2, 0.25) is 0 Å². The third kappa shape index (κ3) is 5.20. The number of alkyl halides is 8. The Bertz CT molecular complexity index is 2400. The van der Waals surface area contributed by atoms with Crippen LogP contribution in [0.3, 0.4) is 0 Å². The fraction of sp³-hybridized carbons (Fsp3) is 0.438. The average molecular weight is 873 g/mol. The minimum Gasteiger partial charge on any atom is -0.695 e. The molecular formula is C32H14F16N8Ni-4. The molecule has 8 bridgehead atoms. The van der Waals surface area contributed by atoms with Gasteiger partial charge in [-0.15, -0.1) is 0 Å². The van der Waals surface area contributed by atoms with Gasteiger partial charge in [-0.2, -0.15) is 0 Å². The second-order valence-electron chi connectivity index (χ2n) is 13.6. The molecule has 5 heterocycles. The van der Waals surface area contributed by atoms with Crippen LogP contribution >= 0.6 is 0 Å². The van der Waals surface area contributed by atoms with Crippen molar-refractivity contribution in [2.45, 2.75) is 61.7 Å². The van der Waals surface area contributed by atoms with Crippen LogP contribution in [0.1, 0.15) is 0 Å². The molecule has 57 heavy (non-hydrogen) atoms. The molecular weight excluding hydrogens is 859 g/mol. The molecule has 25 heteroatoms. The number of fused-ring (bicyclic) bond motifs is 18. The molecule has 2 saturated carbocycles. The van der Waals surface area contributed by atoms with Crippen molar-refractivity contribution in [3.05, 3.63) is 68.1 Å². The van der Waals surface area contributed by atoms with Crippen molar-refractivity contribution in [1.82, 2.24) is 9.97 Å². The van der Waals surface area contributed by atoms with Gasteiger partial charge in [0.05, 0.1) is 11.7 Å². The maximum Gasteiger partial charge on any atom is 0.198 e. The summed E-state index contributed by atoms with van der Waals surface area (Å²) in [7, 11) is 0. The van der Waals surface area contributed by atoms with Gasteiger partial charge >= 0.3 is 0 Å². The molecule has 3 aliphatic heterocycles. The summed E-state index contributed by atoms with van der Waals surface area (Å²) in [6.07, 6.45) is -30.0. The van der Waals surface area contributed by atoms with Crippen LogP contribution in [0.25, 0.3) is 32.2 Å². The number of hydrogen-bond acceptors (Lipinski definition) is 4. The van der Waals surface area contributed by atoms with Crippen molar-refractivity contribution < 1.29 is 86.7 Å². The zero-order valence-electron chi connectivity index (χ0n) is 27.0. The Morgan fingerprint density at radius 3 is 1.04 bits per heavy atom. The molecule has 4 aromatic rings. The Labute approximate surface area is 314 Å². The molecule has 2 aliphatic carbocycles. The van der Waals surface area contributed by atoms with E-state index in [1.54, 1.807) is 0 Å². The maximum absolute atomic E-state index is 15.6. The van der Waals surface area contributed by atoms with E-state index >= 15 is 35.1 Å². The number of benzene rings is 2. The van der Waals surface area contributed by atoms with Gasteiger partial charge in [0, 0.05) is 61.9 Å². The molecule has 14 atom stereocenters. The number of nitrogens with zero attached hydrogens (tertiary/aromatic N) is 8. The SMILES string of the molecule is Fc1c(F)c(F)c2c3[n-]c(c2c1F)[N-]C1N=C(N=c2[n-]c(c4c(F)c(F)c(F)c(F)c24)=NC2=NC([N-]3)C3C(F)C(F)C(F)C(F)C23)C2C(F)C(F)C(F)C(F)C12.[Ni]. The van der Waals surface area contributed by atoms with Crippen LogP contribution in [0.5, 0.6) is 0 Å². The molecule has 9 rings (SSSR count). The Hall–Kier alpha value is -4.57. The topological polar surface area (TPSA) is 106 Å². The first-order chi connectivity index (χ1) is 26.4. The monoisotopic (exact) mass is 872 g/mol. The van der Waals surface area contributed by atoms with Gasteiger partial charge in [0.25, 0.3) is 0 Å². The van der Waals surface area contributed by atoms with Crippen LogP contribution in [0.4, 0.5) is 81.9 Å². The van der Waals surface area contributed by atoms with Gasteiger partial charge in [-0.25, -0.2) is 81.9 Å². The number of halogens is 16. The molecule has 5 aliphatic rings. The van der Waals surface area contributed by atoms with E-state index in [-0.39, 0.29) is 16.5 Å². The van der Waals surface area contributed by atoms with E-state index in [0.29, 0.717) is 0 Å². The zero-order valence-corrected chi connectivity index (χ0v) is 28.0. The van der Waals surface area contributed by atoms with Gasteiger partial charge in [0.15, 0.2) is 71.2 Å². The Morgan fingerprint density at radius 1 is 0.368 bits per heavy atom. The average Bonchev–Trinajstić information content (AvgIpc) is 3.92. The molecule has 0 saturated heterocycles. The standard InChI is InChI=1S/C32H14F16N8.Ni/c33-9-1-2(10(34)18(42)17(9)41)26-49-25(1)53-27-3-4(12(36)20(44)19(43)11(3)35)29(50-27)55-31-7-8(16(40)24(48)23(47)15(7)39)32(52-31)56-30-6-5(28(51-30)54-26)13(37)21(45)22(46)14(6)38;/h1-2,7-10,15-18,23-25,31H;/q-4;. The summed E-state index contributed by atoms with van der Waals surface area (Å²) in [5.74, 6) is -33.1. The molecule has 14 unspecified atom stereocenters. The quantitative estimate of drug-likeness (QED) is 0.0855. The van der Waals surface area contributed by atoms with Gasteiger partial charge in [0.2, 0.25) is 0 Å². The number of aromatic nitrogens is 2. The van der Waals surface area contributed by atoms with Crippen LogP contribution in [0, 0.1) is 70.2 Å². The second-order valence-corrected chi connectivity index (χ2v) is 13.6. The Kier molecular flexibility index (Phi) is 9.12. The number of rotatable bonds is 0. The predicted molar refractivity (Wildman–Crippen MR) is 158 cm³/mol. The summed E-state index contributed by atoms with van der Waals surface area (Å²) in [4.78, 5) is 22.3. The number of amidine groups is 2. The van der Waals surface area contributed by atoms with Crippen molar-refractivity contribution in [3.8, 4) is 0 Å². The van der Waals surface area contributed by atoms with Crippen LogP contribution in [-0.4, -0.2) is 73.4 Å². The molecule has 0 radical (unpaired) electrons. The fourth-order valence-electron chi connectivity index (χ4n) is 8.07. The zero-order chi connectivity index (χ0) is 40.1. The molecule has 8 nitrogen and oxygen atoms in total. The first kappa shape index (κ1) is 39.3. The Morgan fingerprint density at radius 2 is 0.684 bits per heavy atom. The minimum atomic E-state index is -3.25. The normalized spacial score (nSPS) is 35.6. The summed E-state index contributed by atoms with van der Waals surface area (Å²) in [5.41, 5.74) is -2.59. The van der Waals surface area contributed by atoms with E-state index in [2.05, 4.69) is 40.6 Å². The summed E-state index contributed by atoms with van der Waals surface area (Å²) in [6.45, 7) is 0. The van der Waals surface area contributed by atoms with Crippen molar-refractivity contribution in [2.24, 2.45) is 43.6 Å². The third-order valence-corrected chi connectivity index (χ3v) is 10.7. The third-order valence-electron chi connectivity index (χ3n) is 10.7. The number of hydrogen-bond donors (Lipinski definition) is 0. The van der Waals surface area contributed by atoms with Crippen molar-refractivity contribution in [1.29, 1.82) is 0 Å². The fourth-order valence-corrected chi connectivity index (χ4v) is 8.07. The van der Waals surface area contributed by atoms with Gasteiger partial charge in [-0.3, -0.25) is 0 Å². The van der Waals surface area contributed by atoms with Gasteiger partial charge in [0.1, 0.15) is 24.7 Å². The number of aliphatic imine (C=N–C) groups is 2. The summed E-state index contributed by atoms with van der Waals surface area (Å²) >= 11 is 0. The van der Waals surface area contributed by atoms with Crippen molar-refractivity contribution in [2.75, 3.05) is 0 Å². The van der Waals surface area contributed by atoms with Crippen molar-refractivity contribution in [3.63, 3.8) is 0 Å². The van der Waals surface area contributed by atoms with Crippen LogP contribution in [0.15, 0.2) is 20.0 Å². The van der Waals surface area contributed by atoms with E-state index in [4.69, 9.17) is 0 Å². The Balaban J connectivity index is 0.00000455. The molecule has 0 amide bonds. The van der Waals surface area contributed by atoms with E-state index in [1.807, 2.05) is 0 Å². The van der Waals surface area contributed by atoms with Gasteiger partial charge in [-0.05, 0) is 23.1 Å². The smallest absolute Gasteiger partial charge is 0.198 e.